The molecule has 1 fully saturated rings. The lowest BCUT2D eigenvalue weighted by molar-refractivity contribution is -0.134. The second kappa shape index (κ2) is 12.2. The van der Waals surface area contributed by atoms with Gasteiger partial charge in [-0.2, -0.15) is 0 Å². The minimum absolute atomic E-state index is 0.0614. The van der Waals surface area contributed by atoms with Crippen molar-refractivity contribution in [2.24, 2.45) is 5.92 Å². The first kappa shape index (κ1) is 26.1. The van der Waals surface area contributed by atoms with Crippen LogP contribution in [0.25, 0.3) is 0 Å². The molecule has 8 nitrogen and oxygen atoms in total. The van der Waals surface area contributed by atoms with Crippen LogP contribution in [0.5, 0.6) is 5.75 Å². The fourth-order valence-corrected chi connectivity index (χ4v) is 4.36. The number of rotatable bonds is 8. The van der Waals surface area contributed by atoms with Gasteiger partial charge >= 0.3 is 6.03 Å². The Balaban J connectivity index is 1.67. The minimum Gasteiger partial charge on any atom is -0.497 e. The summed E-state index contributed by atoms with van der Waals surface area (Å²) in [5.74, 6) is 0.222. The van der Waals surface area contributed by atoms with Crippen molar-refractivity contribution >= 4 is 23.5 Å². The van der Waals surface area contributed by atoms with E-state index in [4.69, 9.17) is 4.74 Å². The Morgan fingerprint density at radius 2 is 1.60 bits per heavy atom. The van der Waals surface area contributed by atoms with E-state index >= 15 is 0 Å². The highest BCUT2D eigenvalue weighted by Crippen LogP contribution is 2.24. The van der Waals surface area contributed by atoms with E-state index < -0.39 is 6.04 Å². The molecule has 1 aliphatic heterocycles. The Kier molecular flexibility index (Phi) is 9.11. The van der Waals surface area contributed by atoms with Gasteiger partial charge in [0, 0.05) is 37.4 Å². The van der Waals surface area contributed by atoms with E-state index in [0.717, 1.165) is 11.3 Å². The van der Waals surface area contributed by atoms with Crippen molar-refractivity contribution in [1.82, 2.24) is 15.1 Å². The van der Waals surface area contributed by atoms with Gasteiger partial charge in [0.1, 0.15) is 11.8 Å². The Morgan fingerprint density at radius 1 is 1.00 bits per heavy atom. The predicted molar refractivity (Wildman–Crippen MR) is 137 cm³/mol. The molecule has 0 aromatic heterocycles. The first-order valence-electron chi connectivity index (χ1n) is 12.2. The zero-order valence-electron chi connectivity index (χ0n) is 21.0. The van der Waals surface area contributed by atoms with E-state index in [2.05, 4.69) is 10.6 Å². The molecular weight excluding hydrogens is 444 g/mol. The third kappa shape index (κ3) is 6.74. The lowest BCUT2D eigenvalue weighted by Crippen LogP contribution is -2.55. The van der Waals surface area contributed by atoms with E-state index in [1.807, 2.05) is 45.0 Å². The van der Waals surface area contributed by atoms with Crippen LogP contribution in [0.4, 0.5) is 10.5 Å². The van der Waals surface area contributed by atoms with Gasteiger partial charge in [0.15, 0.2) is 0 Å². The summed E-state index contributed by atoms with van der Waals surface area (Å²) in [4.78, 5) is 42.6. The van der Waals surface area contributed by atoms with Crippen molar-refractivity contribution in [2.45, 2.75) is 39.7 Å². The van der Waals surface area contributed by atoms with Crippen molar-refractivity contribution in [3.8, 4) is 5.75 Å². The molecule has 0 spiro atoms. The third-order valence-electron chi connectivity index (χ3n) is 6.58. The SMILES string of the molecule is CCN(CC)C(=O)[C@H](NC(=O)c1ccc(OC)cc1)C1CCN(C(=O)Nc2ccc(C)cc2)CC1. The maximum absolute atomic E-state index is 13.4. The van der Waals surface area contributed by atoms with Crippen LogP contribution in [0.15, 0.2) is 48.5 Å². The second-order valence-electron chi connectivity index (χ2n) is 8.81. The zero-order valence-corrected chi connectivity index (χ0v) is 21.0. The quantitative estimate of drug-likeness (QED) is 0.599. The van der Waals surface area contributed by atoms with Crippen LogP contribution in [-0.4, -0.2) is 67.0 Å². The highest BCUT2D eigenvalue weighted by Gasteiger charge is 2.35. The first-order valence-corrected chi connectivity index (χ1v) is 12.2. The smallest absolute Gasteiger partial charge is 0.321 e. The molecule has 0 aliphatic carbocycles. The molecule has 1 heterocycles. The number of likely N-dealkylation sites (tertiary alicyclic amines) is 1. The molecule has 2 aromatic rings. The molecule has 2 aromatic carbocycles. The second-order valence-corrected chi connectivity index (χ2v) is 8.81. The van der Waals surface area contributed by atoms with E-state index in [-0.39, 0.29) is 23.8 Å². The van der Waals surface area contributed by atoms with Gasteiger partial charge in [-0.25, -0.2) is 4.79 Å². The van der Waals surface area contributed by atoms with Crippen LogP contribution in [0.2, 0.25) is 0 Å². The molecule has 1 atom stereocenters. The van der Waals surface area contributed by atoms with Gasteiger partial charge in [-0.15, -0.1) is 0 Å². The predicted octanol–water partition coefficient (Wildman–Crippen LogP) is 3.91. The van der Waals surface area contributed by atoms with Crippen LogP contribution < -0.4 is 15.4 Å². The summed E-state index contributed by atoms with van der Waals surface area (Å²) in [6.45, 7) is 8.04. The molecule has 0 unspecified atom stereocenters. The normalized spacial score (nSPS) is 14.7. The maximum atomic E-state index is 13.4. The monoisotopic (exact) mass is 480 g/mol. The number of anilines is 1. The third-order valence-corrected chi connectivity index (χ3v) is 6.58. The number of methoxy groups -OCH3 is 1. The van der Waals surface area contributed by atoms with Crippen LogP contribution in [0.3, 0.4) is 0 Å². The number of nitrogens with zero attached hydrogens (tertiary/aromatic N) is 2. The molecule has 188 valence electrons. The number of amides is 4. The van der Waals surface area contributed by atoms with E-state index in [1.165, 1.54) is 0 Å². The average molecular weight is 481 g/mol. The van der Waals surface area contributed by atoms with Gasteiger partial charge in [-0.1, -0.05) is 17.7 Å². The fourth-order valence-electron chi connectivity index (χ4n) is 4.36. The van der Waals surface area contributed by atoms with Gasteiger partial charge in [-0.3, -0.25) is 9.59 Å². The number of hydrogen-bond acceptors (Lipinski definition) is 4. The molecule has 1 saturated heterocycles. The Bertz CT molecular complexity index is 995. The van der Waals surface area contributed by atoms with Gasteiger partial charge < -0.3 is 25.2 Å². The van der Waals surface area contributed by atoms with Crippen molar-refractivity contribution in [2.75, 3.05) is 38.6 Å². The topological polar surface area (TPSA) is 91.0 Å². The maximum Gasteiger partial charge on any atom is 0.321 e. The van der Waals surface area contributed by atoms with E-state index in [0.29, 0.717) is 50.3 Å². The van der Waals surface area contributed by atoms with Crippen LogP contribution >= 0.6 is 0 Å². The zero-order chi connectivity index (χ0) is 25.4. The largest absolute Gasteiger partial charge is 0.497 e. The standard InChI is InChI=1S/C27H36N4O4/c1-5-30(6-2)26(33)24(29-25(32)21-9-13-23(35-4)14-10-21)20-15-17-31(18-16-20)27(34)28-22-11-7-19(3)8-12-22/h7-14,20,24H,5-6,15-18H2,1-4H3,(H,28,34)(H,29,32)/t24-/m1/s1. The minimum atomic E-state index is -0.646. The van der Waals surface area contributed by atoms with Gasteiger partial charge in [0.25, 0.3) is 5.91 Å². The summed E-state index contributed by atoms with van der Waals surface area (Å²) in [7, 11) is 1.57. The van der Waals surface area contributed by atoms with E-state index in [1.54, 1.807) is 41.2 Å². The van der Waals surface area contributed by atoms with Crippen LogP contribution in [0.1, 0.15) is 42.6 Å². The Hall–Kier alpha value is -3.55. The highest BCUT2D eigenvalue weighted by atomic mass is 16.5. The molecule has 0 radical (unpaired) electrons. The molecule has 4 amide bonds. The molecule has 3 rings (SSSR count). The number of carbonyl (C=O) groups excluding carboxylic acids is 3. The van der Waals surface area contributed by atoms with Crippen molar-refractivity contribution in [1.29, 1.82) is 0 Å². The molecule has 35 heavy (non-hydrogen) atoms. The summed E-state index contributed by atoms with van der Waals surface area (Å²) in [6.07, 6.45) is 1.25. The summed E-state index contributed by atoms with van der Waals surface area (Å²) in [5.41, 5.74) is 2.35. The lowest BCUT2D eigenvalue weighted by Gasteiger charge is -2.37. The number of benzene rings is 2. The molecule has 0 saturated carbocycles. The number of aryl methyl sites for hydroxylation is 1. The van der Waals surface area contributed by atoms with Crippen molar-refractivity contribution < 1.29 is 19.1 Å². The summed E-state index contributed by atoms with van der Waals surface area (Å²) >= 11 is 0. The Labute approximate surface area is 207 Å². The fraction of sp³-hybridized carbons (Fsp3) is 0.444. The summed E-state index contributed by atoms with van der Waals surface area (Å²) in [6, 6.07) is 13.7. The molecule has 8 heteroatoms. The number of hydrogen-bond donors (Lipinski definition) is 2. The highest BCUT2D eigenvalue weighted by molar-refractivity contribution is 5.97. The van der Waals surface area contributed by atoms with Crippen molar-refractivity contribution in [3.63, 3.8) is 0 Å². The Morgan fingerprint density at radius 3 is 2.14 bits per heavy atom. The van der Waals surface area contributed by atoms with E-state index in [9.17, 15) is 14.4 Å². The number of nitrogens with one attached hydrogen (secondary N) is 2. The summed E-state index contributed by atoms with van der Waals surface area (Å²) < 4.78 is 5.17. The number of urea groups is 1. The van der Waals surface area contributed by atoms with Gasteiger partial charge in [0.05, 0.1) is 7.11 Å². The van der Waals surface area contributed by atoms with Crippen LogP contribution in [0, 0.1) is 12.8 Å². The average Bonchev–Trinajstić information content (AvgIpc) is 2.89. The molecular formula is C27H36N4O4. The van der Waals surface area contributed by atoms with Gasteiger partial charge in [-0.05, 0) is 75.9 Å². The molecule has 1 aliphatic rings. The van der Waals surface area contributed by atoms with Gasteiger partial charge in [0.2, 0.25) is 5.91 Å². The first-order chi connectivity index (χ1) is 16.9. The molecule has 2 N–H and O–H groups in total. The molecule has 0 bridgehead atoms. The summed E-state index contributed by atoms with van der Waals surface area (Å²) in [5, 5.41) is 5.93. The number of ether oxygens (including phenoxy) is 1. The number of likely N-dealkylation sites (N-methyl/N-ethyl adjacent to an activating group) is 1. The number of carbonyl (C=O) groups is 3. The number of piperidine rings is 1. The lowest BCUT2D eigenvalue weighted by atomic mass is 9.88. The van der Waals surface area contributed by atoms with Crippen LogP contribution in [-0.2, 0) is 4.79 Å². The van der Waals surface area contributed by atoms with Crippen molar-refractivity contribution in [3.05, 3.63) is 59.7 Å².